The summed E-state index contributed by atoms with van der Waals surface area (Å²) in [5, 5.41) is 7.63. The highest BCUT2D eigenvalue weighted by Gasteiger charge is 2.02. The van der Waals surface area contributed by atoms with E-state index in [1.165, 1.54) is 0 Å². The minimum absolute atomic E-state index is 0.489. The lowest BCUT2D eigenvalue weighted by Gasteiger charge is -2.13. The molecule has 0 aliphatic rings. The fourth-order valence-corrected chi connectivity index (χ4v) is 1.82. The maximum atomic E-state index is 5.12. The largest absolute Gasteiger partial charge is 0.385 e. The quantitative estimate of drug-likeness (QED) is 0.850. The molecule has 1 heterocycles. The molecular weight excluding hydrogens is 226 g/mol. The topological polar surface area (TPSA) is 39.1 Å². The zero-order valence-electron chi connectivity index (χ0n) is 10.8. The van der Waals surface area contributed by atoms with Crippen molar-refractivity contribution in [1.29, 1.82) is 0 Å². The van der Waals surface area contributed by atoms with Gasteiger partial charge in [-0.15, -0.1) is 0 Å². The molecule has 1 aromatic carbocycles. The minimum Gasteiger partial charge on any atom is -0.385 e. The predicted molar refractivity (Wildman–Crippen MR) is 73.1 cm³/mol. The SMILES string of the molecule is COCC(C)CNc1cccc(-n2cccn2)c1. The summed E-state index contributed by atoms with van der Waals surface area (Å²) in [6.07, 6.45) is 3.72. The molecule has 0 fully saturated rings. The van der Waals surface area contributed by atoms with Gasteiger partial charge in [-0.1, -0.05) is 13.0 Å². The summed E-state index contributed by atoms with van der Waals surface area (Å²) in [4.78, 5) is 0. The van der Waals surface area contributed by atoms with E-state index in [0.717, 1.165) is 24.5 Å². The normalized spacial score (nSPS) is 12.3. The highest BCUT2D eigenvalue weighted by molar-refractivity contribution is 5.50. The van der Waals surface area contributed by atoms with E-state index in [0.29, 0.717) is 5.92 Å². The van der Waals surface area contributed by atoms with Crippen LogP contribution in [0.2, 0.25) is 0 Å². The fourth-order valence-electron chi connectivity index (χ4n) is 1.82. The van der Waals surface area contributed by atoms with Crippen molar-refractivity contribution in [1.82, 2.24) is 9.78 Å². The summed E-state index contributed by atoms with van der Waals surface area (Å²) < 4.78 is 6.97. The number of rotatable bonds is 6. The van der Waals surface area contributed by atoms with Gasteiger partial charge in [0.1, 0.15) is 0 Å². The number of nitrogens with zero attached hydrogens (tertiary/aromatic N) is 2. The second-order valence-corrected chi connectivity index (χ2v) is 4.44. The Bertz CT molecular complexity index is 468. The molecule has 0 bridgehead atoms. The van der Waals surface area contributed by atoms with Gasteiger partial charge >= 0.3 is 0 Å². The molecule has 18 heavy (non-hydrogen) atoms. The lowest BCUT2D eigenvalue weighted by atomic mass is 10.2. The first kappa shape index (κ1) is 12.6. The molecule has 1 N–H and O–H groups in total. The fraction of sp³-hybridized carbons (Fsp3) is 0.357. The number of ether oxygens (including phenoxy) is 1. The van der Waals surface area contributed by atoms with Gasteiger partial charge in [-0.2, -0.15) is 5.10 Å². The minimum atomic E-state index is 0.489. The van der Waals surface area contributed by atoms with E-state index in [-0.39, 0.29) is 0 Å². The standard InChI is InChI=1S/C14H19N3O/c1-12(11-18-2)10-15-13-5-3-6-14(9-13)17-8-4-7-16-17/h3-9,12,15H,10-11H2,1-2H3. The van der Waals surface area contributed by atoms with Gasteiger partial charge in [0.2, 0.25) is 0 Å². The van der Waals surface area contributed by atoms with Crippen molar-refractivity contribution in [2.45, 2.75) is 6.92 Å². The molecule has 1 aromatic heterocycles. The van der Waals surface area contributed by atoms with Gasteiger partial charge in [0.05, 0.1) is 12.3 Å². The van der Waals surface area contributed by atoms with E-state index in [1.807, 2.05) is 29.1 Å². The van der Waals surface area contributed by atoms with Crippen molar-refractivity contribution in [3.63, 3.8) is 0 Å². The van der Waals surface area contributed by atoms with Crippen molar-refractivity contribution < 1.29 is 4.74 Å². The van der Waals surface area contributed by atoms with Crippen LogP contribution in [0.15, 0.2) is 42.7 Å². The van der Waals surface area contributed by atoms with E-state index in [1.54, 1.807) is 13.3 Å². The molecule has 2 rings (SSSR count). The lowest BCUT2D eigenvalue weighted by molar-refractivity contribution is 0.164. The van der Waals surface area contributed by atoms with Gasteiger partial charge < -0.3 is 10.1 Å². The third-order valence-corrected chi connectivity index (χ3v) is 2.72. The van der Waals surface area contributed by atoms with E-state index < -0.39 is 0 Å². The molecule has 0 saturated heterocycles. The van der Waals surface area contributed by atoms with Crippen molar-refractivity contribution in [2.24, 2.45) is 5.92 Å². The second kappa shape index (κ2) is 6.21. The third-order valence-electron chi connectivity index (χ3n) is 2.72. The van der Waals surface area contributed by atoms with Crippen molar-refractivity contribution in [2.75, 3.05) is 25.6 Å². The molecular formula is C14H19N3O. The molecule has 96 valence electrons. The Hall–Kier alpha value is -1.81. The lowest BCUT2D eigenvalue weighted by Crippen LogP contribution is -2.15. The molecule has 0 radical (unpaired) electrons. The maximum absolute atomic E-state index is 5.12. The highest BCUT2D eigenvalue weighted by Crippen LogP contribution is 2.14. The number of hydrogen-bond donors (Lipinski definition) is 1. The average molecular weight is 245 g/mol. The number of benzene rings is 1. The van der Waals surface area contributed by atoms with E-state index in [9.17, 15) is 0 Å². The van der Waals surface area contributed by atoms with Crippen LogP contribution in [0.4, 0.5) is 5.69 Å². The van der Waals surface area contributed by atoms with E-state index in [2.05, 4.69) is 29.5 Å². The Morgan fingerprint density at radius 2 is 2.28 bits per heavy atom. The highest BCUT2D eigenvalue weighted by atomic mass is 16.5. The zero-order valence-corrected chi connectivity index (χ0v) is 10.8. The first-order valence-corrected chi connectivity index (χ1v) is 6.12. The molecule has 0 spiro atoms. The molecule has 4 nitrogen and oxygen atoms in total. The van der Waals surface area contributed by atoms with E-state index in [4.69, 9.17) is 4.74 Å². The van der Waals surface area contributed by atoms with Crippen LogP contribution in [0.25, 0.3) is 5.69 Å². The smallest absolute Gasteiger partial charge is 0.0666 e. The third kappa shape index (κ3) is 3.34. The molecule has 2 aromatic rings. The summed E-state index contributed by atoms with van der Waals surface area (Å²) in [6, 6.07) is 10.1. The number of hydrogen-bond acceptors (Lipinski definition) is 3. The molecule has 0 amide bonds. The van der Waals surface area contributed by atoms with Gasteiger partial charge in [0, 0.05) is 31.7 Å². The Morgan fingerprint density at radius 3 is 3.00 bits per heavy atom. The number of anilines is 1. The van der Waals surface area contributed by atoms with Crippen LogP contribution in [-0.2, 0) is 4.74 Å². The van der Waals surface area contributed by atoms with Crippen LogP contribution in [0.1, 0.15) is 6.92 Å². The monoisotopic (exact) mass is 245 g/mol. The molecule has 0 aliphatic carbocycles. The van der Waals surface area contributed by atoms with Crippen molar-refractivity contribution >= 4 is 5.69 Å². The number of methoxy groups -OCH3 is 1. The first-order chi connectivity index (χ1) is 8.79. The Kier molecular flexibility index (Phi) is 4.36. The Morgan fingerprint density at radius 1 is 1.39 bits per heavy atom. The summed E-state index contributed by atoms with van der Waals surface area (Å²) in [7, 11) is 1.73. The summed E-state index contributed by atoms with van der Waals surface area (Å²) in [5.74, 6) is 0.489. The van der Waals surface area contributed by atoms with Gasteiger partial charge in [-0.25, -0.2) is 4.68 Å². The van der Waals surface area contributed by atoms with Crippen LogP contribution in [0.3, 0.4) is 0 Å². The number of aromatic nitrogens is 2. The van der Waals surface area contributed by atoms with Gasteiger partial charge in [-0.05, 0) is 30.2 Å². The van der Waals surface area contributed by atoms with Crippen LogP contribution in [0, 0.1) is 5.92 Å². The predicted octanol–water partition coefficient (Wildman–Crippen LogP) is 2.57. The molecule has 1 atom stereocenters. The molecule has 1 unspecified atom stereocenters. The van der Waals surface area contributed by atoms with Crippen LogP contribution in [0.5, 0.6) is 0 Å². The molecule has 4 heteroatoms. The van der Waals surface area contributed by atoms with Gasteiger partial charge in [0.15, 0.2) is 0 Å². The summed E-state index contributed by atoms with van der Waals surface area (Å²) >= 11 is 0. The van der Waals surface area contributed by atoms with Crippen LogP contribution >= 0.6 is 0 Å². The maximum Gasteiger partial charge on any atom is 0.0666 e. The van der Waals surface area contributed by atoms with Gasteiger partial charge in [-0.3, -0.25) is 0 Å². The zero-order chi connectivity index (χ0) is 12.8. The molecule has 0 aliphatic heterocycles. The summed E-state index contributed by atoms with van der Waals surface area (Å²) in [6.45, 7) is 3.83. The van der Waals surface area contributed by atoms with Gasteiger partial charge in [0.25, 0.3) is 0 Å². The average Bonchev–Trinajstić information content (AvgIpc) is 2.91. The molecule has 0 saturated carbocycles. The van der Waals surface area contributed by atoms with E-state index >= 15 is 0 Å². The first-order valence-electron chi connectivity index (χ1n) is 6.12. The van der Waals surface area contributed by atoms with Crippen molar-refractivity contribution in [3.8, 4) is 5.69 Å². The van der Waals surface area contributed by atoms with Crippen LogP contribution in [-0.4, -0.2) is 30.0 Å². The Labute approximate surface area is 108 Å². The second-order valence-electron chi connectivity index (χ2n) is 4.44. The van der Waals surface area contributed by atoms with Crippen molar-refractivity contribution in [3.05, 3.63) is 42.7 Å². The number of nitrogens with one attached hydrogen (secondary N) is 1. The van der Waals surface area contributed by atoms with Crippen LogP contribution < -0.4 is 5.32 Å². The Balaban J connectivity index is 2.00. The summed E-state index contributed by atoms with van der Waals surface area (Å²) in [5.41, 5.74) is 2.16.